The van der Waals surface area contributed by atoms with Crippen LogP contribution in [0.25, 0.3) is 5.69 Å². The fraction of sp³-hybridized carbons (Fsp3) is 0.200. The molecule has 140 valence electrons. The van der Waals surface area contributed by atoms with Crippen LogP contribution in [-0.4, -0.2) is 34.3 Å². The quantitative estimate of drug-likeness (QED) is 0.626. The molecular weight excluding hydrogens is 344 g/mol. The number of amides is 2. The zero-order valence-corrected chi connectivity index (χ0v) is 15.2. The summed E-state index contributed by atoms with van der Waals surface area (Å²) < 4.78 is 7.28. The lowest BCUT2D eigenvalue weighted by Gasteiger charge is -2.14. The number of nitrogens with zero attached hydrogens (tertiary/aromatic N) is 2. The monoisotopic (exact) mass is 366 g/mol. The standard InChI is InChI=1S/C20H22N4O3/c1-14-12-24(13-22-14)17-9-8-16(10-19(17)27-2)23-20(26)21-11-18(25)15-6-4-3-5-7-15/h3-10,12-13,18,25H,11H2,1-2H3,(H2,21,23,26). The van der Waals surface area contributed by atoms with Gasteiger partial charge in [-0.25, -0.2) is 9.78 Å². The summed E-state index contributed by atoms with van der Waals surface area (Å²) in [5.41, 5.74) is 3.05. The van der Waals surface area contributed by atoms with Crippen molar-refractivity contribution in [3.8, 4) is 11.4 Å². The molecule has 0 aliphatic heterocycles. The Hall–Kier alpha value is -3.32. The first-order valence-electron chi connectivity index (χ1n) is 8.53. The van der Waals surface area contributed by atoms with E-state index in [4.69, 9.17) is 4.74 Å². The fourth-order valence-corrected chi connectivity index (χ4v) is 2.68. The van der Waals surface area contributed by atoms with Crippen LogP contribution in [0.2, 0.25) is 0 Å². The highest BCUT2D eigenvalue weighted by Crippen LogP contribution is 2.26. The number of aromatic nitrogens is 2. The van der Waals surface area contributed by atoms with E-state index in [0.29, 0.717) is 11.4 Å². The molecule has 7 nitrogen and oxygen atoms in total. The van der Waals surface area contributed by atoms with Gasteiger partial charge in [-0.15, -0.1) is 0 Å². The zero-order valence-electron chi connectivity index (χ0n) is 15.2. The van der Waals surface area contributed by atoms with Gasteiger partial charge in [0.15, 0.2) is 0 Å². The molecule has 0 radical (unpaired) electrons. The predicted octanol–water partition coefficient (Wildman–Crippen LogP) is 3.04. The van der Waals surface area contributed by atoms with Gasteiger partial charge in [0.1, 0.15) is 5.75 Å². The second-order valence-electron chi connectivity index (χ2n) is 6.07. The van der Waals surface area contributed by atoms with Crippen molar-refractivity contribution in [2.24, 2.45) is 0 Å². The van der Waals surface area contributed by atoms with Crippen molar-refractivity contribution in [2.75, 3.05) is 19.0 Å². The van der Waals surface area contributed by atoms with Crippen molar-refractivity contribution >= 4 is 11.7 Å². The third-order valence-corrected chi connectivity index (χ3v) is 4.07. The number of hydrogen-bond acceptors (Lipinski definition) is 4. The molecule has 2 aromatic carbocycles. The molecule has 0 aliphatic carbocycles. The average Bonchev–Trinajstić information content (AvgIpc) is 3.12. The van der Waals surface area contributed by atoms with Gasteiger partial charge in [-0.2, -0.15) is 0 Å². The van der Waals surface area contributed by atoms with Gasteiger partial charge in [0.2, 0.25) is 0 Å². The van der Waals surface area contributed by atoms with Crippen molar-refractivity contribution < 1.29 is 14.6 Å². The molecule has 1 unspecified atom stereocenters. The van der Waals surface area contributed by atoms with Crippen LogP contribution in [0.5, 0.6) is 5.75 Å². The van der Waals surface area contributed by atoms with E-state index in [9.17, 15) is 9.90 Å². The molecule has 3 N–H and O–H groups in total. The number of carbonyl (C=O) groups excluding carboxylic acids is 1. The van der Waals surface area contributed by atoms with Crippen LogP contribution >= 0.6 is 0 Å². The molecule has 0 saturated carbocycles. The normalized spacial score (nSPS) is 11.7. The van der Waals surface area contributed by atoms with E-state index in [-0.39, 0.29) is 6.54 Å². The number of aryl methyl sites for hydroxylation is 1. The molecule has 7 heteroatoms. The van der Waals surface area contributed by atoms with Crippen LogP contribution in [0.3, 0.4) is 0 Å². The maximum atomic E-state index is 12.1. The van der Waals surface area contributed by atoms with Gasteiger partial charge in [-0.05, 0) is 24.6 Å². The number of benzene rings is 2. The second kappa shape index (κ2) is 8.37. The number of rotatable bonds is 6. The second-order valence-corrected chi connectivity index (χ2v) is 6.07. The molecule has 0 bridgehead atoms. The van der Waals surface area contributed by atoms with E-state index in [2.05, 4.69) is 15.6 Å². The number of hydrogen-bond donors (Lipinski definition) is 3. The summed E-state index contributed by atoms with van der Waals surface area (Å²) in [6, 6.07) is 14.1. The lowest BCUT2D eigenvalue weighted by atomic mass is 10.1. The summed E-state index contributed by atoms with van der Waals surface area (Å²) in [6.07, 6.45) is 2.83. The number of aliphatic hydroxyl groups is 1. The number of methoxy groups -OCH3 is 1. The molecule has 2 amide bonds. The van der Waals surface area contributed by atoms with Crippen molar-refractivity contribution in [3.05, 3.63) is 72.3 Å². The summed E-state index contributed by atoms with van der Waals surface area (Å²) in [7, 11) is 1.57. The SMILES string of the molecule is COc1cc(NC(=O)NCC(O)c2ccccc2)ccc1-n1cnc(C)c1. The van der Waals surface area contributed by atoms with Gasteiger partial charge in [0.25, 0.3) is 0 Å². The van der Waals surface area contributed by atoms with E-state index < -0.39 is 12.1 Å². The molecule has 0 spiro atoms. The summed E-state index contributed by atoms with van der Waals surface area (Å²) in [5, 5.41) is 15.5. The number of aliphatic hydroxyl groups excluding tert-OH is 1. The Morgan fingerprint density at radius 1 is 1.26 bits per heavy atom. The molecule has 0 aliphatic rings. The summed E-state index contributed by atoms with van der Waals surface area (Å²) >= 11 is 0. The van der Waals surface area contributed by atoms with Gasteiger partial charge >= 0.3 is 6.03 Å². The minimum atomic E-state index is -0.765. The van der Waals surface area contributed by atoms with E-state index in [1.165, 1.54) is 0 Å². The fourth-order valence-electron chi connectivity index (χ4n) is 2.68. The molecule has 1 atom stereocenters. The Morgan fingerprint density at radius 2 is 2.04 bits per heavy atom. The van der Waals surface area contributed by atoms with Crippen molar-refractivity contribution in [1.82, 2.24) is 14.9 Å². The maximum absolute atomic E-state index is 12.1. The number of imidazole rings is 1. The van der Waals surface area contributed by atoms with Crippen LogP contribution < -0.4 is 15.4 Å². The minimum absolute atomic E-state index is 0.110. The Labute approximate surface area is 157 Å². The first kappa shape index (κ1) is 18.5. The van der Waals surface area contributed by atoms with Crippen LogP contribution in [-0.2, 0) is 0 Å². The van der Waals surface area contributed by atoms with Gasteiger partial charge in [0.05, 0.1) is 30.9 Å². The van der Waals surface area contributed by atoms with Crippen LogP contribution in [0, 0.1) is 6.92 Å². The zero-order chi connectivity index (χ0) is 19.2. The van der Waals surface area contributed by atoms with Crippen LogP contribution in [0.4, 0.5) is 10.5 Å². The Balaban J connectivity index is 1.62. The highest BCUT2D eigenvalue weighted by molar-refractivity contribution is 5.89. The van der Waals surface area contributed by atoms with E-state index in [0.717, 1.165) is 16.9 Å². The maximum Gasteiger partial charge on any atom is 0.319 e. The minimum Gasteiger partial charge on any atom is -0.494 e. The Kier molecular flexibility index (Phi) is 5.73. The Bertz CT molecular complexity index is 909. The average molecular weight is 366 g/mol. The lowest BCUT2D eigenvalue weighted by Crippen LogP contribution is -2.32. The molecule has 3 aromatic rings. The molecular formula is C20H22N4O3. The highest BCUT2D eigenvalue weighted by Gasteiger charge is 2.11. The summed E-state index contributed by atoms with van der Waals surface area (Å²) in [4.78, 5) is 16.3. The van der Waals surface area contributed by atoms with Crippen LogP contribution in [0.15, 0.2) is 61.1 Å². The molecule has 27 heavy (non-hydrogen) atoms. The number of carbonyl (C=O) groups is 1. The molecule has 3 rings (SSSR count). The molecule has 1 heterocycles. The molecule has 0 fully saturated rings. The van der Waals surface area contributed by atoms with Crippen molar-refractivity contribution in [2.45, 2.75) is 13.0 Å². The number of urea groups is 1. The molecule has 0 saturated heterocycles. The van der Waals surface area contributed by atoms with E-state index in [1.54, 1.807) is 25.6 Å². The third-order valence-electron chi connectivity index (χ3n) is 4.07. The number of ether oxygens (including phenoxy) is 1. The van der Waals surface area contributed by atoms with Gasteiger partial charge in [-0.3, -0.25) is 0 Å². The van der Waals surface area contributed by atoms with Gasteiger partial charge in [-0.1, -0.05) is 30.3 Å². The smallest absolute Gasteiger partial charge is 0.319 e. The molecule has 1 aromatic heterocycles. The predicted molar refractivity (Wildman–Crippen MR) is 103 cm³/mol. The largest absolute Gasteiger partial charge is 0.494 e. The number of nitrogens with one attached hydrogen (secondary N) is 2. The first-order valence-corrected chi connectivity index (χ1v) is 8.53. The summed E-state index contributed by atoms with van der Waals surface area (Å²) in [5.74, 6) is 0.606. The lowest BCUT2D eigenvalue weighted by molar-refractivity contribution is 0.175. The van der Waals surface area contributed by atoms with E-state index >= 15 is 0 Å². The first-order chi connectivity index (χ1) is 13.1. The highest BCUT2D eigenvalue weighted by atomic mass is 16.5. The van der Waals surface area contributed by atoms with Crippen molar-refractivity contribution in [3.63, 3.8) is 0 Å². The Morgan fingerprint density at radius 3 is 2.70 bits per heavy atom. The van der Waals surface area contributed by atoms with Gasteiger partial charge < -0.3 is 25.0 Å². The summed E-state index contributed by atoms with van der Waals surface area (Å²) in [6.45, 7) is 2.02. The van der Waals surface area contributed by atoms with E-state index in [1.807, 2.05) is 54.1 Å². The topological polar surface area (TPSA) is 88.4 Å². The number of anilines is 1. The van der Waals surface area contributed by atoms with Gasteiger partial charge in [0, 0.05) is 24.5 Å². The van der Waals surface area contributed by atoms with Crippen molar-refractivity contribution in [1.29, 1.82) is 0 Å². The van der Waals surface area contributed by atoms with Crippen LogP contribution in [0.1, 0.15) is 17.4 Å². The third kappa shape index (κ3) is 4.65.